The molecule has 4 N–H and O–H groups in total. The molecule has 12 aliphatic rings. The maximum Gasteiger partial charge on any atom is 0.410 e. The fraction of sp³-hybridized carbons (Fsp3) is 0.902. The van der Waals surface area contributed by atoms with Crippen LogP contribution in [0.25, 0.3) is 0 Å². The smallest absolute Gasteiger partial charge is 0.410 e. The summed E-state index contributed by atoms with van der Waals surface area (Å²) in [6.07, 6.45) is -2.93. The highest BCUT2D eigenvalue weighted by Gasteiger charge is 2.63. The van der Waals surface area contributed by atoms with Crippen molar-refractivity contribution in [1.82, 2.24) is 30.2 Å². The van der Waals surface area contributed by atoms with E-state index in [0.717, 1.165) is 25.7 Å². The van der Waals surface area contributed by atoms with Crippen LogP contribution in [0.4, 0.5) is 9.59 Å². The second-order valence-electron chi connectivity index (χ2n) is 37.9. The number of aliphatic hydroxyl groups is 2. The minimum absolute atomic E-state index is 0.0110. The number of rotatable bonds is 14. The summed E-state index contributed by atoms with van der Waals surface area (Å²) in [6, 6.07) is -0.876. The molecule has 0 aromatic carbocycles. The predicted octanol–water partition coefficient (Wildman–Crippen LogP) is 8.46. The van der Waals surface area contributed by atoms with Gasteiger partial charge in [0.1, 0.15) is 46.4 Å². The van der Waals surface area contributed by atoms with Crippen molar-refractivity contribution in [3.63, 3.8) is 0 Å². The number of nitrogens with zero attached hydrogens (tertiary/aromatic N) is 4. The number of carbonyl (C=O) groups is 8. The first-order chi connectivity index (χ1) is 51.0. The number of amides is 2. The van der Waals surface area contributed by atoms with Gasteiger partial charge in [-0.2, -0.15) is 0 Å². The first-order valence-corrected chi connectivity index (χ1v) is 41.0. The fourth-order valence-electron chi connectivity index (χ4n) is 19.0. The van der Waals surface area contributed by atoms with Crippen molar-refractivity contribution in [3.05, 3.63) is 0 Å². The normalized spacial score (nSPS) is 42.2. The van der Waals surface area contributed by atoms with Crippen LogP contribution in [0.15, 0.2) is 0 Å². The number of aliphatic hydroxyl groups excluding tert-OH is 2. The number of esters is 4. The predicted molar refractivity (Wildman–Crippen MR) is 406 cm³/mol. The molecule has 10 saturated heterocycles. The third-order valence-electron chi connectivity index (χ3n) is 25.7. The molecular weight excluding hydrogens is 1420 g/mol. The average molecular weight is 1560 g/mol. The molecule has 10 heterocycles. The van der Waals surface area contributed by atoms with Gasteiger partial charge in [0.15, 0.2) is 35.3 Å². The molecule has 628 valence electrons. The van der Waals surface area contributed by atoms with Crippen LogP contribution in [0.1, 0.15) is 228 Å². The Morgan fingerprint density at radius 3 is 1.51 bits per heavy atom. The van der Waals surface area contributed by atoms with E-state index in [9.17, 15) is 43.8 Å². The second kappa shape index (κ2) is 34.6. The highest BCUT2D eigenvalue weighted by atomic mass is 16.7. The van der Waals surface area contributed by atoms with Gasteiger partial charge in [-0.1, -0.05) is 41.5 Å². The lowest BCUT2D eigenvalue weighted by Gasteiger charge is -2.49. The number of carbonyl (C=O) groups excluding carboxylic acids is 8. The number of hydrogen-bond acceptors (Lipinski definition) is 26. The van der Waals surface area contributed by atoms with Crippen LogP contribution in [-0.4, -0.2) is 276 Å². The lowest BCUT2D eigenvalue weighted by Crippen LogP contribution is -2.62. The van der Waals surface area contributed by atoms with Crippen molar-refractivity contribution >= 4 is 47.6 Å². The van der Waals surface area contributed by atoms with Crippen molar-refractivity contribution in [3.8, 4) is 0 Å². The lowest BCUT2D eigenvalue weighted by atomic mass is 9.70. The van der Waals surface area contributed by atoms with Crippen molar-refractivity contribution in [2.75, 3.05) is 67.6 Å². The van der Waals surface area contributed by atoms with Gasteiger partial charge >= 0.3 is 36.1 Å². The van der Waals surface area contributed by atoms with Crippen LogP contribution in [0.2, 0.25) is 0 Å². The Kier molecular flexibility index (Phi) is 28.1. The van der Waals surface area contributed by atoms with Crippen LogP contribution >= 0.6 is 0 Å². The van der Waals surface area contributed by atoms with Crippen LogP contribution in [0.5, 0.6) is 0 Å². The molecule has 26 atom stereocenters. The van der Waals surface area contributed by atoms with Gasteiger partial charge in [-0.05, 0) is 221 Å². The van der Waals surface area contributed by atoms with E-state index in [1.165, 1.54) is 0 Å². The monoisotopic (exact) mass is 1560 g/mol. The standard InChI is InChI=1S/C46H77N3O13.C36H61N3O9/c1-16-33-46(13)31(22-34(50)60-46)28(4)48(40(54)61-42(5,6)7)24-26(2)23-45(12)37(27(3)36(52)44(11,19-20-56-45)39(53)58-33)59-38-35(51)32(47(14)15)21-30(57-38)25-49(29-17-18-29)41(55)62-43(8,9)10;1-10-27-36(7)25(16-28(40)48-36)22(4)37-18-20(2)17-35(6)31(21(3)30(42)34(5,13-14-44-35)33(43)46-27)47-32-29(41)26(39(8)9)15-24(45-32)19-38-23-11-12-23/h26-33,35,37-38,51H,16-25H2,1-15H3;20-27,29,31-32,37-38,41H,10-19H2,1-9H3/t26-,27+,28-,30?,31-,32?,33-,35?,37-,38+,44-,45+,46+;20-,21+,22-,24?,25-,26?,27-,29?,31-,32+,34-,35+,36+/m11/s1. The molecule has 2 aliphatic carbocycles. The third-order valence-corrected chi connectivity index (χ3v) is 25.7. The Bertz CT molecular complexity index is 3250. The summed E-state index contributed by atoms with van der Waals surface area (Å²) in [4.78, 5) is 119. The molecule has 12 fully saturated rings. The number of Topliss-reactive ketones (excluding diaryl/α,β-unsaturated/α-hetero) is 2. The van der Waals surface area contributed by atoms with Gasteiger partial charge < -0.3 is 97.3 Å². The van der Waals surface area contributed by atoms with Crippen LogP contribution in [0.3, 0.4) is 0 Å². The van der Waals surface area contributed by atoms with Gasteiger partial charge in [0, 0.05) is 86.2 Å². The van der Waals surface area contributed by atoms with Gasteiger partial charge in [-0.25, -0.2) is 9.59 Å². The van der Waals surface area contributed by atoms with Gasteiger partial charge in [0.25, 0.3) is 0 Å². The summed E-state index contributed by atoms with van der Waals surface area (Å²) in [6.45, 7) is 38.4. The minimum atomic E-state index is -1.69. The van der Waals surface area contributed by atoms with E-state index in [-0.39, 0.29) is 119 Å². The molecule has 4 bridgehead atoms. The summed E-state index contributed by atoms with van der Waals surface area (Å²) in [5.41, 5.74) is -9.31. The van der Waals surface area contributed by atoms with Crippen molar-refractivity contribution < 1.29 is 105 Å². The molecule has 28 nitrogen and oxygen atoms in total. The molecule has 0 aromatic heterocycles. The maximum absolute atomic E-state index is 15.1. The number of fused-ring (bicyclic) bond motifs is 20. The van der Waals surface area contributed by atoms with E-state index in [4.69, 9.17) is 56.8 Å². The summed E-state index contributed by atoms with van der Waals surface area (Å²) >= 11 is 0. The molecule has 2 saturated carbocycles. The Morgan fingerprint density at radius 1 is 0.618 bits per heavy atom. The molecule has 0 radical (unpaired) electrons. The summed E-state index contributed by atoms with van der Waals surface area (Å²) < 4.78 is 76.6. The van der Waals surface area contributed by atoms with Crippen LogP contribution in [0, 0.1) is 46.3 Å². The topological polar surface area (TPSA) is 325 Å². The zero-order chi connectivity index (χ0) is 81.7. The van der Waals surface area contributed by atoms with E-state index in [1.807, 2.05) is 114 Å². The molecule has 0 aromatic rings. The van der Waals surface area contributed by atoms with E-state index >= 15 is 4.79 Å². The Morgan fingerprint density at radius 2 is 1.06 bits per heavy atom. The molecule has 28 heteroatoms. The SMILES string of the molecule is CC[C@H]1OC(=O)[C@]2(C)CCO[C@@](C)(C[C@@H](C)CN(C(=O)OC(C)(C)C)[C@H](C)[C@H]3CC(=O)O[C@@]31C)[C@H](O[C@@H]1OC(CN(C(=O)OC(C)(C)C)C3CC3)CC(N(C)C)C1O)[C@@H](C)C2=O.CC[C@H]1OC(=O)[C@]2(C)CCO[C@@](C)(C[C@@H](C)CN[C@H](C)[C@H]3CC(=O)O[C@@]31C)[C@H](O[C@@H]1OC(CNC3CC3)CC(N(C)C)C1O)[C@@H](C)C2=O. The van der Waals surface area contributed by atoms with Crippen molar-refractivity contribution in [2.24, 2.45) is 46.3 Å². The van der Waals surface area contributed by atoms with Gasteiger partial charge in [0.05, 0.1) is 55.0 Å². The Balaban J connectivity index is 0.000000261. The first-order valence-electron chi connectivity index (χ1n) is 41.0. The second-order valence-corrected chi connectivity index (χ2v) is 37.9. The largest absolute Gasteiger partial charge is 0.457 e. The zero-order valence-corrected chi connectivity index (χ0v) is 70.7. The number of ketones is 2. The van der Waals surface area contributed by atoms with E-state index < -0.39 is 165 Å². The number of nitrogens with one attached hydrogen (secondary N) is 2. The summed E-state index contributed by atoms with van der Waals surface area (Å²) in [7, 11) is 7.60. The number of hydrogen-bond donors (Lipinski definition) is 4. The Hall–Kier alpha value is -4.72. The Labute approximate surface area is 654 Å². The summed E-state index contributed by atoms with van der Waals surface area (Å²) in [5.74, 6) is -5.80. The first kappa shape index (κ1) is 89.2. The minimum Gasteiger partial charge on any atom is -0.457 e. The number of ether oxygens (including phenoxy) is 12. The van der Waals surface area contributed by atoms with E-state index in [0.29, 0.717) is 44.8 Å². The highest BCUT2D eigenvalue weighted by Crippen LogP contribution is 2.49. The fourth-order valence-corrected chi connectivity index (χ4v) is 19.0. The molecule has 2 amide bonds. The lowest BCUT2D eigenvalue weighted by molar-refractivity contribution is -0.302. The maximum atomic E-state index is 15.1. The molecule has 10 aliphatic heterocycles. The van der Waals surface area contributed by atoms with Crippen molar-refractivity contribution in [2.45, 2.75) is 360 Å². The molecule has 12 rings (SSSR count). The highest BCUT2D eigenvalue weighted by molar-refractivity contribution is 6.05. The zero-order valence-electron chi connectivity index (χ0n) is 70.7. The van der Waals surface area contributed by atoms with Crippen molar-refractivity contribution in [1.29, 1.82) is 0 Å². The molecule has 0 spiro atoms. The molecule has 110 heavy (non-hydrogen) atoms. The van der Waals surface area contributed by atoms with Crippen LogP contribution in [-0.2, 0) is 85.6 Å². The van der Waals surface area contributed by atoms with Crippen LogP contribution < -0.4 is 10.6 Å². The van der Waals surface area contributed by atoms with Gasteiger partial charge in [-0.3, -0.25) is 28.8 Å². The number of likely N-dealkylation sites (N-methyl/N-ethyl adjacent to an activating group) is 2. The third kappa shape index (κ3) is 19.9. The summed E-state index contributed by atoms with van der Waals surface area (Å²) in [5, 5.41) is 30.8. The quantitative estimate of drug-likeness (QED) is 0.0719. The van der Waals surface area contributed by atoms with Gasteiger partial charge in [-0.15, -0.1) is 0 Å². The van der Waals surface area contributed by atoms with E-state index in [2.05, 4.69) is 17.6 Å². The van der Waals surface area contributed by atoms with E-state index in [1.54, 1.807) is 65.2 Å². The average Bonchev–Trinajstić information content (AvgIpc) is 1.72. The van der Waals surface area contributed by atoms with Gasteiger partial charge in [0.2, 0.25) is 0 Å². The molecule has 6 unspecified atom stereocenters. The molecular formula is C82H138N6O22.